The van der Waals surface area contributed by atoms with Gasteiger partial charge in [-0.2, -0.15) is 0 Å². The Kier molecular flexibility index (Phi) is 4.04. The predicted molar refractivity (Wildman–Crippen MR) is 79.0 cm³/mol. The zero-order chi connectivity index (χ0) is 14.8. The molecule has 2 aliphatic carbocycles. The third kappa shape index (κ3) is 2.99. The van der Waals surface area contributed by atoms with Crippen molar-refractivity contribution in [3.63, 3.8) is 0 Å². The minimum Gasteiger partial charge on any atom is -0.490 e. The molecule has 0 heterocycles. The molecule has 2 fully saturated rings. The number of carboxylic acids is 1. The molecule has 0 saturated heterocycles. The Bertz CT molecular complexity index is 526. The first-order valence-corrected chi connectivity index (χ1v) is 7.80. The van der Waals surface area contributed by atoms with Crippen LogP contribution in [0.1, 0.15) is 43.0 Å². The molecule has 2 saturated carbocycles. The molecular weight excluding hydrogens is 268 g/mol. The minimum atomic E-state index is -0.949. The summed E-state index contributed by atoms with van der Waals surface area (Å²) in [5.41, 5.74) is 0.228. The van der Waals surface area contributed by atoms with Crippen LogP contribution in [0.2, 0.25) is 0 Å². The van der Waals surface area contributed by atoms with Crippen molar-refractivity contribution in [2.75, 3.05) is 13.2 Å². The second-order valence-corrected chi connectivity index (χ2v) is 6.15. The van der Waals surface area contributed by atoms with Crippen LogP contribution in [-0.2, 0) is 0 Å². The fraction of sp³-hybridized carbons (Fsp3) is 0.588. The highest BCUT2D eigenvalue weighted by Gasteiger charge is 2.39. The number of aromatic carboxylic acids is 1. The Labute approximate surface area is 125 Å². The minimum absolute atomic E-state index is 0.228. The summed E-state index contributed by atoms with van der Waals surface area (Å²) >= 11 is 0. The summed E-state index contributed by atoms with van der Waals surface area (Å²) in [4.78, 5) is 11.0. The summed E-state index contributed by atoms with van der Waals surface area (Å²) in [7, 11) is 0. The Morgan fingerprint density at radius 1 is 1.24 bits per heavy atom. The lowest BCUT2D eigenvalue weighted by Crippen LogP contribution is -2.18. The monoisotopic (exact) mass is 290 g/mol. The summed E-state index contributed by atoms with van der Waals surface area (Å²) in [6.07, 6.45) is 5.37. The molecule has 0 radical (unpaired) electrons. The summed E-state index contributed by atoms with van der Waals surface area (Å²) in [5, 5.41) is 9.05. The number of hydrogen-bond donors (Lipinski definition) is 1. The van der Waals surface area contributed by atoms with Gasteiger partial charge in [-0.3, -0.25) is 0 Å². The first kappa shape index (κ1) is 14.2. The summed E-state index contributed by atoms with van der Waals surface area (Å²) in [6, 6.07) is 4.82. The smallest absolute Gasteiger partial charge is 0.335 e. The number of ether oxygens (including phenoxy) is 2. The summed E-state index contributed by atoms with van der Waals surface area (Å²) in [6.45, 7) is 3.09. The van der Waals surface area contributed by atoms with Crippen molar-refractivity contribution in [3.8, 4) is 11.5 Å². The maximum Gasteiger partial charge on any atom is 0.335 e. The topological polar surface area (TPSA) is 55.8 Å². The highest BCUT2D eigenvalue weighted by Crippen LogP contribution is 2.48. The van der Waals surface area contributed by atoms with Gasteiger partial charge in [-0.25, -0.2) is 4.79 Å². The molecule has 0 amide bonds. The standard InChI is InChI=1S/C17H22O4/c1-2-20-16-9-13(17(18)19)5-6-15(16)21-10-14-8-11-3-4-12(14)7-11/h5-6,9,11-12,14H,2-4,7-8,10H2,1H3,(H,18,19). The Balaban J connectivity index is 1.67. The molecule has 114 valence electrons. The van der Waals surface area contributed by atoms with E-state index in [4.69, 9.17) is 14.6 Å². The Morgan fingerprint density at radius 2 is 2.10 bits per heavy atom. The third-order valence-corrected chi connectivity index (χ3v) is 4.83. The molecular formula is C17H22O4. The molecule has 0 aromatic heterocycles. The molecule has 1 aromatic carbocycles. The van der Waals surface area contributed by atoms with Crippen LogP contribution in [0.5, 0.6) is 11.5 Å². The zero-order valence-corrected chi connectivity index (χ0v) is 12.4. The maximum atomic E-state index is 11.0. The average molecular weight is 290 g/mol. The summed E-state index contributed by atoms with van der Waals surface area (Å²) in [5.74, 6) is 2.62. The molecule has 2 bridgehead atoms. The lowest BCUT2D eigenvalue weighted by atomic mass is 9.89. The second-order valence-electron chi connectivity index (χ2n) is 6.15. The van der Waals surface area contributed by atoms with Gasteiger partial charge >= 0.3 is 5.97 Å². The van der Waals surface area contributed by atoms with E-state index in [0.717, 1.165) is 11.8 Å². The van der Waals surface area contributed by atoms with Crippen LogP contribution in [0.25, 0.3) is 0 Å². The molecule has 3 rings (SSSR count). The average Bonchev–Trinajstić information content (AvgIpc) is 3.08. The van der Waals surface area contributed by atoms with Gasteiger partial charge in [0.2, 0.25) is 0 Å². The highest BCUT2D eigenvalue weighted by atomic mass is 16.5. The number of fused-ring (bicyclic) bond motifs is 2. The van der Waals surface area contributed by atoms with Gasteiger partial charge < -0.3 is 14.6 Å². The second kappa shape index (κ2) is 5.96. The van der Waals surface area contributed by atoms with Crippen molar-refractivity contribution < 1.29 is 19.4 Å². The fourth-order valence-electron chi connectivity index (χ4n) is 3.81. The van der Waals surface area contributed by atoms with Crippen molar-refractivity contribution in [2.45, 2.75) is 32.6 Å². The molecule has 0 aliphatic heterocycles. The van der Waals surface area contributed by atoms with Gasteiger partial charge in [0.15, 0.2) is 11.5 Å². The van der Waals surface area contributed by atoms with Crippen molar-refractivity contribution in [2.24, 2.45) is 17.8 Å². The van der Waals surface area contributed by atoms with E-state index in [-0.39, 0.29) is 5.56 Å². The molecule has 3 atom stereocenters. The van der Waals surface area contributed by atoms with E-state index >= 15 is 0 Å². The Hall–Kier alpha value is -1.71. The van der Waals surface area contributed by atoms with Crippen LogP contribution in [0, 0.1) is 17.8 Å². The SMILES string of the molecule is CCOc1cc(C(=O)O)ccc1OCC1CC2CCC1C2. The van der Waals surface area contributed by atoms with Gasteiger partial charge in [0.25, 0.3) is 0 Å². The van der Waals surface area contributed by atoms with E-state index in [9.17, 15) is 4.79 Å². The molecule has 0 spiro atoms. The van der Waals surface area contributed by atoms with E-state index in [1.807, 2.05) is 6.92 Å². The molecule has 4 heteroatoms. The summed E-state index contributed by atoms with van der Waals surface area (Å²) < 4.78 is 11.5. The number of benzene rings is 1. The van der Waals surface area contributed by atoms with E-state index in [1.54, 1.807) is 18.2 Å². The van der Waals surface area contributed by atoms with Gasteiger partial charge in [0.05, 0.1) is 18.8 Å². The van der Waals surface area contributed by atoms with Crippen LogP contribution >= 0.6 is 0 Å². The largest absolute Gasteiger partial charge is 0.490 e. The van der Waals surface area contributed by atoms with Gasteiger partial charge in [0.1, 0.15) is 0 Å². The molecule has 3 unspecified atom stereocenters. The van der Waals surface area contributed by atoms with E-state index in [1.165, 1.54) is 25.7 Å². The van der Waals surface area contributed by atoms with Gasteiger partial charge in [0, 0.05) is 0 Å². The van der Waals surface area contributed by atoms with Crippen LogP contribution in [-0.4, -0.2) is 24.3 Å². The zero-order valence-electron chi connectivity index (χ0n) is 12.4. The quantitative estimate of drug-likeness (QED) is 0.869. The highest BCUT2D eigenvalue weighted by molar-refractivity contribution is 5.88. The van der Waals surface area contributed by atoms with Crippen molar-refractivity contribution >= 4 is 5.97 Å². The lowest BCUT2D eigenvalue weighted by Gasteiger charge is -2.22. The first-order valence-electron chi connectivity index (χ1n) is 7.80. The van der Waals surface area contributed by atoms with Crippen LogP contribution in [0.15, 0.2) is 18.2 Å². The van der Waals surface area contributed by atoms with Gasteiger partial charge in [-0.15, -0.1) is 0 Å². The normalized spacial score (nSPS) is 26.8. The molecule has 1 aromatic rings. The molecule has 4 nitrogen and oxygen atoms in total. The fourth-order valence-corrected chi connectivity index (χ4v) is 3.81. The predicted octanol–water partition coefficient (Wildman–Crippen LogP) is 3.60. The molecule has 1 N–H and O–H groups in total. The lowest BCUT2D eigenvalue weighted by molar-refractivity contribution is 0.0696. The van der Waals surface area contributed by atoms with Crippen LogP contribution in [0.4, 0.5) is 0 Å². The maximum absolute atomic E-state index is 11.0. The number of carboxylic acid groups (broad SMARTS) is 1. The Morgan fingerprint density at radius 3 is 2.71 bits per heavy atom. The number of hydrogen-bond acceptors (Lipinski definition) is 3. The van der Waals surface area contributed by atoms with Gasteiger partial charge in [-0.1, -0.05) is 6.42 Å². The first-order chi connectivity index (χ1) is 10.2. The number of rotatable bonds is 6. The number of carbonyl (C=O) groups is 1. The molecule has 2 aliphatic rings. The van der Waals surface area contributed by atoms with Crippen LogP contribution in [0.3, 0.4) is 0 Å². The van der Waals surface area contributed by atoms with Crippen molar-refractivity contribution in [1.29, 1.82) is 0 Å². The van der Waals surface area contributed by atoms with Crippen LogP contribution < -0.4 is 9.47 Å². The van der Waals surface area contributed by atoms with E-state index in [2.05, 4.69) is 0 Å². The third-order valence-electron chi connectivity index (χ3n) is 4.83. The van der Waals surface area contributed by atoms with Crippen molar-refractivity contribution in [3.05, 3.63) is 23.8 Å². The van der Waals surface area contributed by atoms with Crippen molar-refractivity contribution in [1.82, 2.24) is 0 Å². The van der Waals surface area contributed by atoms with E-state index in [0.29, 0.717) is 30.6 Å². The van der Waals surface area contributed by atoms with Gasteiger partial charge in [-0.05, 0) is 62.1 Å². The van der Waals surface area contributed by atoms with E-state index < -0.39 is 5.97 Å². The molecule has 21 heavy (non-hydrogen) atoms.